The normalized spacial score (nSPS) is 11.9. The van der Waals surface area contributed by atoms with Crippen molar-refractivity contribution in [2.45, 2.75) is 6.54 Å². The third-order valence-electron chi connectivity index (χ3n) is 2.45. The number of hydrogen-bond acceptors (Lipinski definition) is 2. The molecule has 2 rings (SSSR count). The van der Waals surface area contributed by atoms with Gasteiger partial charge in [0.05, 0.1) is 6.54 Å². The maximum Gasteiger partial charge on any atom is 0.155 e. The minimum atomic E-state index is 0.351. The summed E-state index contributed by atoms with van der Waals surface area (Å²) in [5.41, 5.74) is 7.71. The van der Waals surface area contributed by atoms with Crippen LogP contribution in [0, 0.1) is 0 Å². The van der Waals surface area contributed by atoms with Gasteiger partial charge in [0, 0.05) is 10.0 Å². The number of hydrogen-bond donors (Lipinski definition) is 1. The third-order valence-corrected chi connectivity index (χ3v) is 2.98. The lowest BCUT2D eigenvalue weighted by molar-refractivity contribution is 0.892. The molecule has 0 aromatic heterocycles. The number of nitrogens with two attached hydrogens (primary N) is 1. The lowest BCUT2D eigenvalue weighted by Gasteiger charge is -1.97. The molecule has 0 aliphatic carbocycles. The molecule has 2 N–H and O–H groups in total. The van der Waals surface area contributed by atoms with E-state index < -0.39 is 0 Å². The van der Waals surface area contributed by atoms with E-state index in [9.17, 15) is 0 Å². The molecule has 19 heavy (non-hydrogen) atoms. The van der Waals surface area contributed by atoms with Crippen molar-refractivity contribution < 1.29 is 0 Å². The van der Waals surface area contributed by atoms with Gasteiger partial charge in [-0.1, -0.05) is 58.4 Å². The van der Waals surface area contributed by atoms with Gasteiger partial charge in [-0.05, 0) is 22.9 Å². The number of benzene rings is 2. The van der Waals surface area contributed by atoms with Crippen molar-refractivity contribution in [2.75, 3.05) is 0 Å². The van der Waals surface area contributed by atoms with Gasteiger partial charge in [-0.3, -0.25) is 0 Å². The van der Waals surface area contributed by atoms with Crippen LogP contribution in [-0.2, 0) is 6.54 Å². The quantitative estimate of drug-likeness (QED) is 0.397. The van der Waals surface area contributed by atoms with Gasteiger partial charge in [-0.15, -0.1) is 5.10 Å². The fourth-order valence-electron chi connectivity index (χ4n) is 1.45. The Labute approximate surface area is 120 Å². The van der Waals surface area contributed by atoms with Crippen molar-refractivity contribution >= 4 is 21.8 Å². The van der Waals surface area contributed by atoms with Crippen molar-refractivity contribution in [3.63, 3.8) is 0 Å². The topological polar surface area (TPSA) is 63.1 Å². The molecule has 2 aromatic rings. The van der Waals surface area contributed by atoms with E-state index >= 15 is 0 Å². The van der Waals surface area contributed by atoms with E-state index in [-0.39, 0.29) is 0 Å². The molecule has 0 spiro atoms. The van der Waals surface area contributed by atoms with E-state index in [2.05, 4.69) is 31.4 Å². The second-order valence-electron chi connectivity index (χ2n) is 3.87. The van der Waals surface area contributed by atoms with Crippen LogP contribution in [0.5, 0.6) is 0 Å². The zero-order valence-corrected chi connectivity index (χ0v) is 11.8. The zero-order chi connectivity index (χ0) is 13.5. The summed E-state index contributed by atoms with van der Waals surface area (Å²) < 4.78 is 0.995. The van der Waals surface area contributed by atoms with E-state index in [1.54, 1.807) is 0 Å². The van der Waals surface area contributed by atoms with Crippen LogP contribution in [0.25, 0.3) is 0 Å². The molecule has 0 saturated heterocycles. The van der Waals surface area contributed by atoms with Crippen molar-refractivity contribution in [2.24, 2.45) is 21.2 Å². The summed E-state index contributed by atoms with van der Waals surface area (Å²) in [4.78, 5) is 0. The first kappa shape index (κ1) is 13.4. The van der Waals surface area contributed by atoms with Gasteiger partial charge in [0.1, 0.15) is 0 Å². The maximum atomic E-state index is 5.81. The standard InChI is InChI=1S/C14H13BrN4/c15-13-8-6-12(7-9-13)14(16)18-19-17-10-11-4-2-1-3-5-11/h1-9H,10H2,(H2,16,17,18). The van der Waals surface area contributed by atoms with Crippen molar-refractivity contribution in [3.05, 3.63) is 70.2 Å². The second kappa shape index (κ2) is 6.80. The van der Waals surface area contributed by atoms with Crippen LogP contribution in [0.3, 0.4) is 0 Å². The van der Waals surface area contributed by atoms with E-state index in [1.165, 1.54) is 0 Å². The van der Waals surface area contributed by atoms with Gasteiger partial charge in [0.2, 0.25) is 0 Å². The highest BCUT2D eigenvalue weighted by Gasteiger charge is 1.97. The molecule has 0 radical (unpaired) electrons. The molecule has 0 bridgehead atoms. The number of rotatable bonds is 4. The Hall–Kier alpha value is -2.01. The van der Waals surface area contributed by atoms with Gasteiger partial charge in [0.25, 0.3) is 0 Å². The average molecular weight is 317 g/mol. The summed E-state index contributed by atoms with van der Waals surface area (Å²) in [6.45, 7) is 0.498. The minimum Gasteiger partial charge on any atom is -0.382 e. The Bertz CT molecular complexity index is 576. The zero-order valence-electron chi connectivity index (χ0n) is 10.2. The third kappa shape index (κ3) is 4.30. The monoisotopic (exact) mass is 316 g/mol. The van der Waals surface area contributed by atoms with E-state index in [0.29, 0.717) is 12.4 Å². The van der Waals surface area contributed by atoms with Crippen LogP contribution in [0.4, 0.5) is 0 Å². The maximum absolute atomic E-state index is 5.81. The van der Waals surface area contributed by atoms with Gasteiger partial charge in [0.15, 0.2) is 5.84 Å². The Balaban J connectivity index is 1.96. The molecule has 0 aliphatic rings. The summed E-state index contributed by atoms with van der Waals surface area (Å²) in [5.74, 6) is 0.351. The Morgan fingerprint density at radius 3 is 2.37 bits per heavy atom. The lowest BCUT2D eigenvalue weighted by Crippen LogP contribution is -2.12. The summed E-state index contributed by atoms with van der Waals surface area (Å²) >= 11 is 3.36. The molecule has 0 fully saturated rings. The smallest absolute Gasteiger partial charge is 0.155 e. The lowest BCUT2D eigenvalue weighted by atomic mass is 10.2. The van der Waals surface area contributed by atoms with Gasteiger partial charge >= 0.3 is 0 Å². The van der Waals surface area contributed by atoms with Crippen molar-refractivity contribution in [3.8, 4) is 0 Å². The summed E-state index contributed by atoms with van der Waals surface area (Å²) in [6, 6.07) is 17.4. The van der Waals surface area contributed by atoms with E-state index in [1.807, 2.05) is 54.6 Å². The highest BCUT2D eigenvalue weighted by atomic mass is 79.9. The number of nitrogens with zero attached hydrogens (tertiary/aromatic N) is 3. The van der Waals surface area contributed by atoms with Crippen LogP contribution < -0.4 is 5.73 Å². The first-order chi connectivity index (χ1) is 9.25. The predicted molar refractivity (Wildman–Crippen MR) is 79.9 cm³/mol. The molecular formula is C14H13BrN4. The summed E-state index contributed by atoms with van der Waals surface area (Å²) in [5, 5.41) is 11.6. The first-order valence-corrected chi connectivity index (χ1v) is 6.55. The molecule has 96 valence electrons. The molecule has 5 heteroatoms. The SMILES string of the molecule is N/C(=N\N=NCc1ccccc1)c1ccc(Br)cc1. The molecule has 0 heterocycles. The average Bonchev–Trinajstić information content (AvgIpc) is 2.45. The molecular weight excluding hydrogens is 304 g/mol. The molecule has 4 nitrogen and oxygen atoms in total. The minimum absolute atomic E-state index is 0.351. The molecule has 2 aromatic carbocycles. The summed E-state index contributed by atoms with van der Waals surface area (Å²) in [6.07, 6.45) is 0. The molecule has 0 unspecified atom stereocenters. The number of halogens is 1. The molecule has 0 atom stereocenters. The molecule has 0 amide bonds. The molecule has 0 aliphatic heterocycles. The van der Waals surface area contributed by atoms with Crippen molar-refractivity contribution in [1.29, 1.82) is 0 Å². The van der Waals surface area contributed by atoms with Gasteiger partial charge < -0.3 is 5.73 Å². The summed E-state index contributed by atoms with van der Waals surface area (Å²) in [7, 11) is 0. The van der Waals surface area contributed by atoms with Crippen LogP contribution in [-0.4, -0.2) is 5.84 Å². The second-order valence-corrected chi connectivity index (χ2v) is 4.78. The van der Waals surface area contributed by atoms with Gasteiger partial charge in [-0.2, -0.15) is 5.11 Å². The first-order valence-electron chi connectivity index (χ1n) is 5.75. The molecule has 0 saturated carbocycles. The fourth-order valence-corrected chi connectivity index (χ4v) is 1.72. The van der Waals surface area contributed by atoms with E-state index in [0.717, 1.165) is 15.6 Å². The Kier molecular flexibility index (Phi) is 4.80. The van der Waals surface area contributed by atoms with Crippen LogP contribution in [0.15, 0.2) is 74.5 Å². The van der Waals surface area contributed by atoms with Crippen LogP contribution in [0.2, 0.25) is 0 Å². The van der Waals surface area contributed by atoms with Crippen LogP contribution in [0.1, 0.15) is 11.1 Å². The van der Waals surface area contributed by atoms with Gasteiger partial charge in [-0.25, -0.2) is 0 Å². The van der Waals surface area contributed by atoms with E-state index in [4.69, 9.17) is 5.73 Å². The van der Waals surface area contributed by atoms with Crippen molar-refractivity contribution in [1.82, 2.24) is 0 Å². The predicted octanol–water partition coefficient (Wildman–Crippen LogP) is 3.72. The van der Waals surface area contributed by atoms with Crippen LogP contribution >= 0.6 is 15.9 Å². The number of amidine groups is 1. The largest absolute Gasteiger partial charge is 0.382 e. The highest BCUT2D eigenvalue weighted by Crippen LogP contribution is 2.10. The highest BCUT2D eigenvalue weighted by molar-refractivity contribution is 9.10. The Morgan fingerprint density at radius 2 is 1.68 bits per heavy atom. The fraction of sp³-hybridized carbons (Fsp3) is 0.0714. The Morgan fingerprint density at radius 1 is 1.00 bits per heavy atom.